The van der Waals surface area contributed by atoms with E-state index in [1.165, 1.54) is 0 Å². The van der Waals surface area contributed by atoms with Crippen LogP contribution in [-0.2, 0) is 23.9 Å². The van der Waals surface area contributed by atoms with E-state index >= 15 is 0 Å². The van der Waals surface area contributed by atoms with Gasteiger partial charge >= 0.3 is 5.97 Å². The van der Waals surface area contributed by atoms with Crippen molar-refractivity contribution in [2.24, 2.45) is 17.8 Å². The molecular weight excluding hydrogens is 494 g/mol. The molecule has 2 unspecified atom stereocenters. The van der Waals surface area contributed by atoms with Crippen molar-refractivity contribution in [1.82, 2.24) is 14.7 Å². The van der Waals surface area contributed by atoms with Crippen molar-refractivity contribution in [2.75, 3.05) is 59.2 Å². The van der Waals surface area contributed by atoms with Gasteiger partial charge in [0.25, 0.3) is 0 Å². The number of carbonyl (C=O) groups is 3. The topological polar surface area (TPSA) is 99.6 Å². The number of esters is 1. The third kappa shape index (κ3) is 4.83. The van der Waals surface area contributed by atoms with Gasteiger partial charge in [0.2, 0.25) is 11.8 Å². The Kier molecular flexibility index (Phi) is 8.62. The Labute approximate surface area is 224 Å². The van der Waals surface area contributed by atoms with E-state index in [1.54, 1.807) is 34.6 Å². The van der Waals surface area contributed by atoms with Gasteiger partial charge in [-0.05, 0) is 32.6 Å². The second-order valence-corrected chi connectivity index (χ2v) is 13.1. The van der Waals surface area contributed by atoms with Crippen molar-refractivity contribution < 1.29 is 29.0 Å². The quantitative estimate of drug-likeness (QED) is 0.312. The van der Waals surface area contributed by atoms with Gasteiger partial charge < -0.3 is 24.4 Å². The molecule has 10 heteroatoms. The molecule has 4 aliphatic rings. The SMILES string of the molecule is C=CCN(CCN1CCOCC1)C(=O)C1N([C@@H](CO)C(C)C)C(=O)[C@@H]2[C@@H](C(=O)OCC)[C@@]3(C)CCC12S3. The highest BCUT2D eigenvalue weighted by Crippen LogP contribution is 2.71. The molecule has 208 valence electrons. The minimum absolute atomic E-state index is 0.0560. The van der Waals surface area contributed by atoms with Crippen molar-refractivity contribution in [3.63, 3.8) is 0 Å². The summed E-state index contributed by atoms with van der Waals surface area (Å²) in [6.45, 7) is 16.2. The molecule has 0 aromatic heterocycles. The summed E-state index contributed by atoms with van der Waals surface area (Å²) < 4.78 is 9.74. The third-order valence-corrected chi connectivity index (χ3v) is 10.7. The van der Waals surface area contributed by atoms with Gasteiger partial charge in [0.15, 0.2) is 0 Å². The van der Waals surface area contributed by atoms with Crippen molar-refractivity contribution in [3.8, 4) is 0 Å². The largest absolute Gasteiger partial charge is 0.466 e. The average Bonchev–Trinajstić information content (AvgIpc) is 3.43. The molecule has 4 heterocycles. The zero-order valence-corrected chi connectivity index (χ0v) is 23.5. The van der Waals surface area contributed by atoms with E-state index < -0.39 is 33.4 Å². The number of nitrogens with zero attached hydrogens (tertiary/aromatic N) is 3. The molecule has 0 saturated carbocycles. The number of ether oxygens (including phenoxy) is 2. The Hall–Kier alpha value is -1.62. The van der Waals surface area contributed by atoms with E-state index in [1.807, 2.05) is 20.8 Å². The lowest BCUT2D eigenvalue weighted by atomic mass is 9.66. The zero-order valence-electron chi connectivity index (χ0n) is 22.7. The highest BCUT2D eigenvalue weighted by atomic mass is 32.2. The highest BCUT2D eigenvalue weighted by molar-refractivity contribution is 8.02. The van der Waals surface area contributed by atoms with E-state index in [2.05, 4.69) is 11.5 Å². The van der Waals surface area contributed by atoms with Crippen LogP contribution in [0.25, 0.3) is 0 Å². The Morgan fingerprint density at radius 3 is 2.62 bits per heavy atom. The second-order valence-electron chi connectivity index (χ2n) is 11.2. The predicted molar refractivity (Wildman–Crippen MR) is 142 cm³/mol. The van der Waals surface area contributed by atoms with Crippen LogP contribution in [0.4, 0.5) is 0 Å². The van der Waals surface area contributed by atoms with Gasteiger partial charge in [-0.15, -0.1) is 18.3 Å². The molecule has 2 amide bonds. The minimum Gasteiger partial charge on any atom is -0.466 e. The number of thioether (sulfide) groups is 1. The zero-order chi connectivity index (χ0) is 27.0. The molecule has 0 aliphatic carbocycles. The number of carbonyl (C=O) groups excluding carboxylic acids is 3. The number of hydrogen-bond donors (Lipinski definition) is 1. The van der Waals surface area contributed by atoms with Gasteiger partial charge in [-0.1, -0.05) is 19.9 Å². The van der Waals surface area contributed by atoms with E-state index in [9.17, 15) is 19.5 Å². The number of fused-ring (bicyclic) bond motifs is 1. The Morgan fingerprint density at radius 1 is 1.32 bits per heavy atom. The molecule has 0 aromatic carbocycles. The van der Waals surface area contributed by atoms with Crippen LogP contribution in [0.2, 0.25) is 0 Å². The van der Waals surface area contributed by atoms with E-state index in [-0.39, 0.29) is 36.9 Å². The summed E-state index contributed by atoms with van der Waals surface area (Å²) in [5.41, 5.74) is 0. The number of rotatable bonds is 11. The number of aliphatic hydroxyl groups is 1. The smallest absolute Gasteiger partial charge is 0.311 e. The Balaban J connectivity index is 1.71. The summed E-state index contributed by atoms with van der Waals surface area (Å²) in [6, 6.07) is -1.26. The Morgan fingerprint density at radius 2 is 2.03 bits per heavy atom. The van der Waals surface area contributed by atoms with Crippen molar-refractivity contribution in [1.29, 1.82) is 0 Å². The minimum atomic E-state index is -0.750. The van der Waals surface area contributed by atoms with Crippen LogP contribution in [0.5, 0.6) is 0 Å². The predicted octanol–water partition coefficient (Wildman–Crippen LogP) is 1.39. The van der Waals surface area contributed by atoms with Gasteiger partial charge in [-0.2, -0.15) is 0 Å². The first-order chi connectivity index (χ1) is 17.6. The summed E-state index contributed by atoms with van der Waals surface area (Å²) in [7, 11) is 0. The van der Waals surface area contributed by atoms with Crippen LogP contribution in [0.1, 0.15) is 40.5 Å². The average molecular weight is 538 g/mol. The van der Waals surface area contributed by atoms with Gasteiger partial charge in [0.1, 0.15) is 6.04 Å². The molecule has 37 heavy (non-hydrogen) atoms. The molecule has 2 bridgehead atoms. The highest BCUT2D eigenvalue weighted by Gasteiger charge is 2.78. The van der Waals surface area contributed by atoms with Gasteiger partial charge in [-0.3, -0.25) is 19.3 Å². The first-order valence-corrected chi connectivity index (χ1v) is 14.5. The third-order valence-electron chi connectivity index (χ3n) is 8.75. The van der Waals surface area contributed by atoms with Crippen LogP contribution in [0.15, 0.2) is 12.7 Å². The number of aliphatic hydroxyl groups excluding tert-OH is 1. The number of hydrogen-bond acceptors (Lipinski definition) is 8. The summed E-state index contributed by atoms with van der Waals surface area (Å²) in [4.78, 5) is 47.6. The lowest BCUT2D eigenvalue weighted by molar-refractivity contribution is -0.155. The maximum Gasteiger partial charge on any atom is 0.311 e. The number of morpholine rings is 1. The molecule has 0 aromatic rings. The lowest BCUT2D eigenvalue weighted by Crippen LogP contribution is -2.59. The first-order valence-electron chi connectivity index (χ1n) is 13.6. The van der Waals surface area contributed by atoms with Crippen LogP contribution < -0.4 is 0 Å². The summed E-state index contributed by atoms with van der Waals surface area (Å²) in [6.07, 6.45) is 3.14. The second kappa shape index (κ2) is 11.2. The lowest BCUT2D eigenvalue weighted by Gasteiger charge is -2.41. The summed E-state index contributed by atoms with van der Waals surface area (Å²) >= 11 is 1.63. The van der Waals surface area contributed by atoms with Gasteiger partial charge in [0, 0.05) is 37.5 Å². The number of likely N-dealkylation sites (tertiary alicyclic amines) is 1. The molecule has 1 N–H and O–H groups in total. The van der Waals surface area contributed by atoms with Gasteiger partial charge in [-0.25, -0.2) is 0 Å². The molecule has 6 atom stereocenters. The van der Waals surface area contributed by atoms with Crippen LogP contribution in [-0.4, -0.2) is 118 Å². The maximum absolute atomic E-state index is 14.5. The van der Waals surface area contributed by atoms with Crippen LogP contribution in [0.3, 0.4) is 0 Å². The molecular formula is C27H43N3O6S. The van der Waals surface area contributed by atoms with E-state index in [0.29, 0.717) is 39.3 Å². The molecule has 4 saturated heterocycles. The normalized spacial score (nSPS) is 34.1. The van der Waals surface area contributed by atoms with Crippen LogP contribution >= 0.6 is 11.8 Å². The standard InChI is InChI=1S/C27H43N3O6S/c1-6-10-29(12-11-28-13-15-35-16-14-28)24(33)22-27-9-8-26(5,37-27)21(25(34)36-7-2)20(27)23(32)30(22)19(17-31)18(3)4/h6,18-22,31H,1,7-17H2,2-5H3/t19-,20-,21-,22?,26+,27?/m0/s1. The number of amides is 2. The van der Waals surface area contributed by atoms with Crippen LogP contribution in [0, 0.1) is 17.8 Å². The van der Waals surface area contributed by atoms with E-state index in [4.69, 9.17) is 9.47 Å². The molecule has 4 fully saturated rings. The van der Waals surface area contributed by atoms with E-state index in [0.717, 1.165) is 19.5 Å². The first kappa shape index (κ1) is 28.4. The van der Waals surface area contributed by atoms with Gasteiger partial charge in [0.05, 0.1) is 49.1 Å². The maximum atomic E-state index is 14.5. The molecule has 4 rings (SSSR count). The summed E-state index contributed by atoms with van der Waals surface area (Å²) in [5, 5.41) is 10.4. The monoisotopic (exact) mass is 537 g/mol. The van der Waals surface area contributed by atoms with Crippen molar-refractivity contribution >= 4 is 29.5 Å². The fourth-order valence-corrected chi connectivity index (χ4v) is 9.24. The van der Waals surface area contributed by atoms with Crippen molar-refractivity contribution in [2.45, 2.75) is 62.1 Å². The molecule has 4 aliphatic heterocycles. The Bertz CT molecular complexity index is 895. The summed E-state index contributed by atoms with van der Waals surface area (Å²) in [5.74, 6) is -1.98. The molecule has 0 radical (unpaired) electrons. The molecule has 1 spiro atoms. The fraction of sp³-hybridized carbons (Fsp3) is 0.815. The fourth-order valence-electron chi connectivity index (χ4n) is 6.92. The van der Waals surface area contributed by atoms with Crippen molar-refractivity contribution in [3.05, 3.63) is 12.7 Å². The molecule has 9 nitrogen and oxygen atoms in total.